The van der Waals surface area contributed by atoms with E-state index in [9.17, 15) is 0 Å². The van der Waals surface area contributed by atoms with Crippen molar-refractivity contribution in [1.82, 2.24) is 4.90 Å². The molecular weight excluding hydrogens is 190 g/mol. The summed E-state index contributed by atoms with van der Waals surface area (Å²) in [7, 11) is 0. The van der Waals surface area contributed by atoms with Crippen LogP contribution in [0.15, 0.2) is 5.16 Å². The summed E-state index contributed by atoms with van der Waals surface area (Å²) >= 11 is 0. The highest BCUT2D eigenvalue weighted by Gasteiger charge is 2.30. The van der Waals surface area contributed by atoms with Crippen molar-refractivity contribution >= 4 is 5.84 Å². The average Bonchev–Trinajstić information content (AvgIpc) is 2.52. The van der Waals surface area contributed by atoms with Gasteiger partial charge in [0.25, 0.3) is 0 Å². The number of hydrogen-bond donors (Lipinski definition) is 2. The molecule has 0 aliphatic carbocycles. The van der Waals surface area contributed by atoms with Gasteiger partial charge in [0, 0.05) is 12.0 Å². The van der Waals surface area contributed by atoms with E-state index in [1.807, 2.05) is 0 Å². The maximum absolute atomic E-state index is 8.38. The maximum Gasteiger partial charge on any atom is 0.139 e. The van der Waals surface area contributed by atoms with Crippen molar-refractivity contribution in [1.29, 1.82) is 0 Å². The van der Waals surface area contributed by atoms with E-state index < -0.39 is 0 Å². The predicted molar refractivity (Wildman–Crippen MR) is 62.1 cm³/mol. The van der Waals surface area contributed by atoms with E-state index in [-0.39, 0.29) is 0 Å². The Kier molecular flexibility index (Phi) is 4.39. The highest BCUT2D eigenvalue weighted by atomic mass is 16.4. The zero-order valence-corrected chi connectivity index (χ0v) is 9.87. The fraction of sp³-hybridized carbons (Fsp3) is 0.909. The van der Waals surface area contributed by atoms with Crippen LogP contribution in [-0.2, 0) is 0 Å². The number of oxime groups is 1. The maximum atomic E-state index is 8.38. The quantitative estimate of drug-likeness (QED) is 0.240. The second-order valence-corrected chi connectivity index (χ2v) is 4.95. The van der Waals surface area contributed by atoms with Gasteiger partial charge in [0.2, 0.25) is 0 Å². The lowest BCUT2D eigenvalue weighted by molar-refractivity contribution is 0.172. The van der Waals surface area contributed by atoms with Crippen LogP contribution in [0.2, 0.25) is 0 Å². The molecule has 1 rings (SSSR count). The lowest BCUT2D eigenvalue weighted by Gasteiger charge is -2.31. The van der Waals surface area contributed by atoms with E-state index in [1.54, 1.807) is 0 Å². The summed E-state index contributed by atoms with van der Waals surface area (Å²) < 4.78 is 0. The molecule has 0 bridgehead atoms. The Balaban J connectivity index is 2.15. The molecule has 88 valence electrons. The summed E-state index contributed by atoms with van der Waals surface area (Å²) in [5, 5.41) is 11.3. The van der Waals surface area contributed by atoms with Gasteiger partial charge in [0.15, 0.2) is 0 Å². The molecule has 1 heterocycles. The van der Waals surface area contributed by atoms with Crippen LogP contribution in [0.4, 0.5) is 0 Å². The van der Waals surface area contributed by atoms with Crippen LogP contribution in [0.25, 0.3) is 0 Å². The van der Waals surface area contributed by atoms with Crippen LogP contribution >= 0.6 is 0 Å². The third-order valence-corrected chi connectivity index (χ3v) is 3.31. The summed E-state index contributed by atoms with van der Waals surface area (Å²) in [5.74, 6) is 0.343. The molecule has 3 N–H and O–H groups in total. The molecule has 1 aliphatic heterocycles. The van der Waals surface area contributed by atoms with Crippen molar-refractivity contribution in [3.8, 4) is 0 Å². The molecule has 0 radical (unpaired) electrons. The number of likely N-dealkylation sites (tertiary alicyclic amines) is 1. The molecule has 0 saturated carbocycles. The molecule has 0 aromatic carbocycles. The third kappa shape index (κ3) is 3.70. The minimum absolute atomic E-state index is 0.343. The van der Waals surface area contributed by atoms with Crippen molar-refractivity contribution in [2.75, 3.05) is 13.1 Å². The Labute approximate surface area is 92.1 Å². The molecule has 0 aromatic rings. The summed E-state index contributed by atoms with van der Waals surface area (Å²) in [5.41, 5.74) is 5.78. The molecule has 0 aromatic heterocycles. The summed E-state index contributed by atoms with van der Waals surface area (Å²) in [6.45, 7) is 6.97. The molecule has 0 atom stereocenters. The van der Waals surface area contributed by atoms with E-state index in [1.165, 1.54) is 19.4 Å². The Bertz CT molecular complexity index is 226. The number of amidine groups is 1. The molecule has 1 aliphatic rings. The highest BCUT2D eigenvalue weighted by Crippen LogP contribution is 2.28. The first kappa shape index (κ1) is 12.3. The molecule has 15 heavy (non-hydrogen) atoms. The minimum atomic E-state index is 0.343. The molecule has 0 spiro atoms. The van der Waals surface area contributed by atoms with Crippen molar-refractivity contribution in [2.45, 2.75) is 51.5 Å². The molecule has 1 saturated heterocycles. The Morgan fingerprint density at radius 1 is 1.47 bits per heavy atom. The van der Waals surface area contributed by atoms with E-state index in [4.69, 9.17) is 10.9 Å². The fourth-order valence-corrected chi connectivity index (χ4v) is 2.24. The van der Waals surface area contributed by atoms with Crippen molar-refractivity contribution < 1.29 is 5.21 Å². The van der Waals surface area contributed by atoms with Crippen molar-refractivity contribution in [3.63, 3.8) is 0 Å². The van der Waals surface area contributed by atoms with Gasteiger partial charge < -0.3 is 10.9 Å². The van der Waals surface area contributed by atoms with Gasteiger partial charge in [-0.05, 0) is 52.6 Å². The summed E-state index contributed by atoms with van der Waals surface area (Å²) in [6, 6.07) is 0. The van der Waals surface area contributed by atoms with Gasteiger partial charge in [-0.3, -0.25) is 4.90 Å². The van der Waals surface area contributed by atoms with Gasteiger partial charge in [-0.2, -0.15) is 0 Å². The highest BCUT2D eigenvalue weighted by molar-refractivity contribution is 5.79. The van der Waals surface area contributed by atoms with Gasteiger partial charge in [-0.25, -0.2) is 0 Å². The van der Waals surface area contributed by atoms with Crippen LogP contribution in [0.5, 0.6) is 0 Å². The minimum Gasteiger partial charge on any atom is -0.409 e. The van der Waals surface area contributed by atoms with E-state index >= 15 is 0 Å². The van der Waals surface area contributed by atoms with E-state index in [0.29, 0.717) is 17.8 Å². The third-order valence-electron chi connectivity index (χ3n) is 3.31. The summed E-state index contributed by atoms with van der Waals surface area (Å²) in [4.78, 5) is 2.54. The second kappa shape index (κ2) is 5.35. The molecule has 4 heteroatoms. The zero-order valence-electron chi connectivity index (χ0n) is 9.87. The SMILES string of the molecule is CC1(C)CCCN1CCCCC(N)=NO. The zero-order chi connectivity index (χ0) is 11.3. The molecule has 0 amide bonds. The van der Waals surface area contributed by atoms with Crippen molar-refractivity contribution in [3.05, 3.63) is 0 Å². The van der Waals surface area contributed by atoms with Crippen molar-refractivity contribution in [2.24, 2.45) is 10.9 Å². The van der Waals surface area contributed by atoms with Crippen LogP contribution in [0.1, 0.15) is 46.0 Å². The topological polar surface area (TPSA) is 61.8 Å². The van der Waals surface area contributed by atoms with E-state index in [2.05, 4.69) is 23.9 Å². The lowest BCUT2D eigenvalue weighted by atomic mass is 10.0. The Morgan fingerprint density at radius 2 is 2.20 bits per heavy atom. The smallest absolute Gasteiger partial charge is 0.139 e. The summed E-state index contributed by atoms with van der Waals surface area (Å²) in [6.07, 6.45) is 5.44. The number of rotatable bonds is 5. The van der Waals surface area contributed by atoms with E-state index in [0.717, 1.165) is 19.4 Å². The lowest BCUT2D eigenvalue weighted by Crippen LogP contribution is -2.38. The van der Waals surface area contributed by atoms with Gasteiger partial charge >= 0.3 is 0 Å². The monoisotopic (exact) mass is 213 g/mol. The van der Waals surface area contributed by atoms with Gasteiger partial charge in [0.1, 0.15) is 5.84 Å². The van der Waals surface area contributed by atoms with Crippen LogP contribution in [0.3, 0.4) is 0 Å². The molecule has 0 unspecified atom stereocenters. The molecule has 4 nitrogen and oxygen atoms in total. The first-order valence-corrected chi connectivity index (χ1v) is 5.78. The standard InChI is InChI=1S/C11H23N3O/c1-11(2)7-5-9-14(11)8-4-3-6-10(12)13-15/h15H,3-9H2,1-2H3,(H2,12,13). The first-order chi connectivity index (χ1) is 7.06. The van der Waals surface area contributed by atoms with Crippen LogP contribution < -0.4 is 5.73 Å². The fourth-order valence-electron chi connectivity index (χ4n) is 2.24. The first-order valence-electron chi connectivity index (χ1n) is 5.78. The second-order valence-electron chi connectivity index (χ2n) is 4.95. The molecule has 1 fully saturated rings. The number of nitrogens with two attached hydrogens (primary N) is 1. The molecular formula is C11H23N3O. The normalized spacial score (nSPS) is 22.1. The Hall–Kier alpha value is -0.770. The predicted octanol–water partition coefficient (Wildman–Crippen LogP) is 1.78. The Morgan fingerprint density at radius 3 is 2.73 bits per heavy atom. The number of nitrogens with zero attached hydrogens (tertiary/aromatic N) is 2. The average molecular weight is 213 g/mol. The number of unbranched alkanes of at least 4 members (excludes halogenated alkanes) is 1. The number of hydrogen-bond acceptors (Lipinski definition) is 3. The van der Waals surface area contributed by atoms with Gasteiger partial charge in [0.05, 0.1) is 0 Å². The van der Waals surface area contributed by atoms with Crippen LogP contribution in [0, 0.1) is 0 Å². The van der Waals surface area contributed by atoms with Gasteiger partial charge in [-0.1, -0.05) is 5.16 Å². The largest absolute Gasteiger partial charge is 0.409 e. The van der Waals surface area contributed by atoms with Gasteiger partial charge in [-0.15, -0.1) is 0 Å². The van der Waals surface area contributed by atoms with Crippen LogP contribution in [-0.4, -0.2) is 34.6 Å².